The van der Waals surface area contributed by atoms with Gasteiger partial charge in [-0.05, 0) is 83.5 Å². The molecule has 0 N–H and O–H groups in total. The molecule has 6 heteroatoms. The summed E-state index contributed by atoms with van der Waals surface area (Å²) in [5, 5.41) is 0. The Balaban J connectivity index is 4.31. The van der Waals surface area contributed by atoms with E-state index in [-0.39, 0.29) is 31.1 Å². The Morgan fingerprint density at radius 3 is 1.00 bits per heavy atom. The number of carbonyl (C=O) groups is 3. The van der Waals surface area contributed by atoms with Gasteiger partial charge in [-0.2, -0.15) is 0 Å². The molecule has 0 heterocycles. The summed E-state index contributed by atoms with van der Waals surface area (Å²) < 4.78 is 16.7. The fraction of sp³-hybridized carbons (Fsp3) is 0.784. The fourth-order valence-corrected chi connectivity index (χ4v) is 6.62. The van der Waals surface area contributed by atoms with Crippen molar-refractivity contribution in [3.05, 3.63) is 48.6 Å². The molecule has 0 fully saturated rings. The van der Waals surface area contributed by atoms with E-state index < -0.39 is 6.10 Å². The molecule has 1 atom stereocenters. The standard InChI is InChI=1S/C51H90O6/c1-4-7-10-13-16-18-20-22-24-25-27-28-30-32-35-38-41-44-50(53)56-47-48(46-55-49(52)43-40-37-34-15-12-9-6-3)57-51(54)45-42-39-36-33-31-29-26-23-21-19-17-14-11-8-5-2/h16-19,22-24,26,48H,4-15,20-21,25,27-47H2,1-3H3/b18-16-,19-17-,24-22-,26-23-. The van der Waals surface area contributed by atoms with Crippen molar-refractivity contribution in [2.75, 3.05) is 13.2 Å². The Bertz CT molecular complexity index is 1010. The minimum Gasteiger partial charge on any atom is -0.462 e. The second-order valence-corrected chi connectivity index (χ2v) is 16.0. The third-order valence-electron chi connectivity index (χ3n) is 10.3. The maximum absolute atomic E-state index is 12.7. The van der Waals surface area contributed by atoms with Crippen LogP contribution < -0.4 is 0 Å². The van der Waals surface area contributed by atoms with Gasteiger partial charge in [0.2, 0.25) is 0 Å². The smallest absolute Gasteiger partial charge is 0.306 e. The largest absolute Gasteiger partial charge is 0.462 e. The number of unbranched alkanes of at least 4 members (excludes halogenated alkanes) is 24. The van der Waals surface area contributed by atoms with Crippen LogP contribution in [0.1, 0.15) is 239 Å². The van der Waals surface area contributed by atoms with E-state index >= 15 is 0 Å². The van der Waals surface area contributed by atoms with Crippen molar-refractivity contribution >= 4 is 17.9 Å². The molecule has 0 rings (SSSR count). The predicted octanol–water partition coefficient (Wildman–Crippen LogP) is 15.5. The number of esters is 3. The second-order valence-electron chi connectivity index (χ2n) is 16.0. The highest BCUT2D eigenvalue weighted by Crippen LogP contribution is 2.14. The average molecular weight is 799 g/mol. The first kappa shape index (κ1) is 54.4. The molecule has 0 saturated heterocycles. The summed E-state index contributed by atoms with van der Waals surface area (Å²) in [5.41, 5.74) is 0. The van der Waals surface area contributed by atoms with E-state index in [9.17, 15) is 14.4 Å². The van der Waals surface area contributed by atoms with Gasteiger partial charge in [-0.1, -0.05) is 185 Å². The van der Waals surface area contributed by atoms with Crippen LogP contribution in [0, 0.1) is 0 Å². The molecule has 57 heavy (non-hydrogen) atoms. The molecular formula is C51H90O6. The van der Waals surface area contributed by atoms with Crippen LogP contribution in [0.2, 0.25) is 0 Å². The van der Waals surface area contributed by atoms with Gasteiger partial charge in [0.1, 0.15) is 13.2 Å². The zero-order chi connectivity index (χ0) is 41.5. The van der Waals surface area contributed by atoms with E-state index in [4.69, 9.17) is 14.2 Å². The van der Waals surface area contributed by atoms with Gasteiger partial charge >= 0.3 is 17.9 Å². The lowest BCUT2D eigenvalue weighted by molar-refractivity contribution is -0.167. The summed E-state index contributed by atoms with van der Waals surface area (Å²) in [6.45, 7) is 6.52. The Morgan fingerprint density at radius 1 is 0.351 bits per heavy atom. The van der Waals surface area contributed by atoms with Crippen LogP contribution in [0.5, 0.6) is 0 Å². The van der Waals surface area contributed by atoms with Crippen molar-refractivity contribution in [2.45, 2.75) is 245 Å². The van der Waals surface area contributed by atoms with Crippen molar-refractivity contribution in [3.8, 4) is 0 Å². The third kappa shape index (κ3) is 44.3. The molecular weight excluding hydrogens is 709 g/mol. The summed E-state index contributed by atoms with van der Waals surface area (Å²) in [6, 6.07) is 0. The Kier molecular flexibility index (Phi) is 43.9. The molecule has 0 aliphatic heterocycles. The van der Waals surface area contributed by atoms with E-state index in [2.05, 4.69) is 69.4 Å². The number of hydrogen-bond acceptors (Lipinski definition) is 6. The summed E-state index contributed by atoms with van der Waals surface area (Å²) in [7, 11) is 0. The fourth-order valence-electron chi connectivity index (χ4n) is 6.62. The van der Waals surface area contributed by atoms with Gasteiger partial charge in [0.05, 0.1) is 0 Å². The molecule has 1 unspecified atom stereocenters. The number of allylic oxidation sites excluding steroid dienone is 8. The molecule has 0 saturated carbocycles. The quantitative estimate of drug-likeness (QED) is 0.0265. The monoisotopic (exact) mass is 799 g/mol. The molecule has 0 bridgehead atoms. The first-order chi connectivity index (χ1) is 28.0. The molecule has 0 aromatic rings. The first-order valence-corrected chi connectivity index (χ1v) is 24.1. The van der Waals surface area contributed by atoms with Crippen LogP contribution in [-0.2, 0) is 28.6 Å². The van der Waals surface area contributed by atoms with Crippen LogP contribution in [0.4, 0.5) is 0 Å². The first-order valence-electron chi connectivity index (χ1n) is 24.1. The lowest BCUT2D eigenvalue weighted by atomic mass is 10.1. The number of ether oxygens (including phenoxy) is 3. The summed E-state index contributed by atoms with van der Waals surface area (Å²) in [6.07, 6.45) is 53.8. The Hall–Kier alpha value is -2.63. The predicted molar refractivity (Wildman–Crippen MR) is 242 cm³/mol. The molecule has 0 spiro atoms. The van der Waals surface area contributed by atoms with Crippen LogP contribution in [-0.4, -0.2) is 37.2 Å². The zero-order valence-corrected chi connectivity index (χ0v) is 37.6. The molecule has 0 aliphatic rings. The maximum atomic E-state index is 12.7. The molecule has 6 nitrogen and oxygen atoms in total. The van der Waals surface area contributed by atoms with Gasteiger partial charge in [-0.25, -0.2) is 0 Å². The van der Waals surface area contributed by atoms with Gasteiger partial charge in [0, 0.05) is 19.3 Å². The molecule has 0 radical (unpaired) electrons. The topological polar surface area (TPSA) is 78.9 Å². The van der Waals surface area contributed by atoms with Gasteiger partial charge in [-0.15, -0.1) is 0 Å². The minimum absolute atomic E-state index is 0.0809. The Morgan fingerprint density at radius 2 is 0.632 bits per heavy atom. The molecule has 0 aliphatic carbocycles. The summed E-state index contributed by atoms with van der Waals surface area (Å²) in [5.74, 6) is -0.907. The van der Waals surface area contributed by atoms with Gasteiger partial charge in [0.15, 0.2) is 6.10 Å². The third-order valence-corrected chi connectivity index (χ3v) is 10.3. The summed E-state index contributed by atoms with van der Waals surface area (Å²) in [4.78, 5) is 37.7. The van der Waals surface area contributed by atoms with Crippen molar-refractivity contribution < 1.29 is 28.6 Å². The number of hydrogen-bond donors (Lipinski definition) is 0. The average Bonchev–Trinajstić information content (AvgIpc) is 3.21. The number of carbonyl (C=O) groups excluding carboxylic acids is 3. The lowest BCUT2D eigenvalue weighted by Gasteiger charge is -2.18. The van der Waals surface area contributed by atoms with Crippen LogP contribution >= 0.6 is 0 Å². The highest BCUT2D eigenvalue weighted by Gasteiger charge is 2.19. The van der Waals surface area contributed by atoms with Gasteiger partial charge in [-0.3, -0.25) is 14.4 Å². The number of rotatable bonds is 43. The summed E-state index contributed by atoms with van der Waals surface area (Å²) >= 11 is 0. The van der Waals surface area contributed by atoms with E-state index in [0.29, 0.717) is 19.3 Å². The normalized spacial score (nSPS) is 12.4. The zero-order valence-electron chi connectivity index (χ0n) is 37.6. The van der Waals surface area contributed by atoms with Crippen molar-refractivity contribution in [1.29, 1.82) is 0 Å². The maximum Gasteiger partial charge on any atom is 0.306 e. The SMILES string of the molecule is CCCCC/C=C\C/C=C\CCCCCCCCCC(=O)OCC(COC(=O)CCCCCCCCC)OC(=O)CCCCCCC/C=C\C/C=C\CCCCC. The van der Waals surface area contributed by atoms with E-state index in [1.807, 2.05) is 0 Å². The second kappa shape index (κ2) is 46.1. The van der Waals surface area contributed by atoms with E-state index in [1.165, 1.54) is 103 Å². The van der Waals surface area contributed by atoms with Crippen LogP contribution in [0.3, 0.4) is 0 Å². The van der Waals surface area contributed by atoms with Crippen LogP contribution in [0.25, 0.3) is 0 Å². The van der Waals surface area contributed by atoms with Crippen molar-refractivity contribution in [2.24, 2.45) is 0 Å². The van der Waals surface area contributed by atoms with E-state index in [0.717, 1.165) is 96.3 Å². The van der Waals surface area contributed by atoms with Gasteiger partial charge < -0.3 is 14.2 Å². The highest BCUT2D eigenvalue weighted by molar-refractivity contribution is 5.71. The Labute approximate surface area is 352 Å². The minimum atomic E-state index is -0.778. The molecule has 330 valence electrons. The van der Waals surface area contributed by atoms with Crippen molar-refractivity contribution in [1.82, 2.24) is 0 Å². The highest BCUT2D eigenvalue weighted by atomic mass is 16.6. The molecule has 0 amide bonds. The molecule has 0 aromatic carbocycles. The van der Waals surface area contributed by atoms with Crippen molar-refractivity contribution in [3.63, 3.8) is 0 Å². The molecule has 0 aromatic heterocycles. The van der Waals surface area contributed by atoms with E-state index in [1.54, 1.807) is 0 Å². The lowest BCUT2D eigenvalue weighted by Crippen LogP contribution is -2.30. The van der Waals surface area contributed by atoms with Gasteiger partial charge in [0.25, 0.3) is 0 Å². The van der Waals surface area contributed by atoms with Crippen LogP contribution in [0.15, 0.2) is 48.6 Å².